The molecule has 0 radical (unpaired) electrons. The topological polar surface area (TPSA) is 148 Å². The highest BCUT2D eigenvalue weighted by atomic mass is 19.1. The molecule has 2 aromatic carbocycles. The maximum absolute atomic E-state index is 14.0. The maximum Gasteiger partial charge on any atom is 0.341 e. The van der Waals surface area contributed by atoms with Gasteiger partial charge in [-0.2, -0.15) is 0 Å². The molecule has 10 heteroatoms. The van der Waals surface area contributed by atoms with Gasteiger partial charge in [0.2, 0.25) is 5.91 Å². The minimum absolute atomic E-state index is 0.00663. The number of carboxylic acids is 2. The van der Waals surface area contributed by atoms with Crippen molar-refractivity contribution in [2.45, 2.75) is 32.7 Å². The van der Waals surface area contributed by atoms with E-state index in [1.54, 1.807) is 12.1 Å². The number of halogens is 1. The Hall–Kier alpha value is -3.66. The van der Waals surface area contributed by atoms with Gasteiger partial charge in [-0.15, -0.1) is 0 Å². The molecule has 172 valence electrons. The fourth-order valence-electron chi connectivity index (χ4n) is 3.22. The van der Waals surface area contributed by atoms with Gasteiger partial charge in [-0.05, 0) is 48.4 Å². The fourth-order valence-corrected chi connectivity index (χ4v) is 3.22. The molecule has 2 aromatic rings. The second-order valence-electron chi connectivity index (χ2n) is 6.66. The number of fused-ring (bicyclic) bond motifs is 1. The summed E-state index contributed by atoms with van der Waals surface area (Å²) in [4.78, 5) is 33.3. The largest absolute Gasteiger partial charge is 0.479 e. The Balaban J connectivity index is 0.00000176. The summed E-state index contributed by atoms with van der Waals surface area (Å²) < 4.78 is 25.0. The Morgan fingerprint density at radius 3 is 2.47 bits per heavy atom. The number of aliphatic carboxylic acids is 1. The molecule has 3 rings (SSSR count). The van der Waals surface area contributed by atoms with Crippen molar-refractivity contribution >= 4 is 17.8 Å². The number of ether oxygens (including phenoxy) is 2. The van der Waals surface area contributed by atoms with Gasteiger partial charge in [0.15, 0.2) is 18.1 Å². The molecule has 9 nitrogen and oxygen atoms in total. The van der Waals surface area contributed by atoms with E-state index in [-0.39, 0.29) is 29.7 Å². The van der Waals surface area contributed by atoms with Crippen LogP contribution >= 0.6 is 0 Å². The molecular formula is C22H25FN2O7. The first-order valence-corrected chi connectivity index (χ1v) is 9.98. The van der Waals surface area contributed by atoms with Gasteiger partial charge in [-0.1, -0.05) is 13.8 Å². The number of nitrogens with two attached hydrogens (primary N) is 1. The van der Waals surface area contributed by atoms with E-state index in [2.05, 4.69) is 5.32 Å². The number of rotatable bonds is 8. The lowest BCUT2D eigenvalue weighted by Crippen LogP contribution is -2.33. The zero-order chi connectivity index (χ0) is 23.8. The number of carbonyl (C=O) groups is 3. The molecule has 5 N–H and O–H groups in total. The molecule has 0 saturated heterocycles. The molecule has 1 aliphatic heterocycles. The van der Waals surface area contributed by atoms with Crippen LogP contribution in [-0.4, -0.2) is 41.2 Å². The van der Waals surface area contributed by atoms with E-state index in [4.69, 9.17) is 25.4 Å². The molecule has 0 spiro atoms. The van der Waals surface area contributed by atoms with Gasteiger partial charge in [-0.3, -0.25) is 4.79 Å². The molecule has 1 amide bonds. The molecule has 0 bridgehead atoms. The minimum atomic E-state index is -1.42. The molecule has 32 heavy (non-hydrogen) atoms. The molecule has 1 aliphatic rings. The number of nitrogens with one attached hydrogen (secondary N) is 1. The monoisotopic (exact) mass is 448 g/mol. The van der Waals surface area contributed by atoms with Crippen molar-refractivity contribution in [2.75, 3.05) is 13.2 Å². The lowest BCUT2D eigenvalue weighted by atomic mass is 9.91. The van der Waals surface area contributed by atoms with Crippen LogP contribution in [0.25, 0.3) is 0 Å². The molecule has 1 atom stereocenters. The van der Waals surface area contributed by atoms with E-state index in [1.165, 1.54) is 6.07 Å². The zero-order valence-corrected chi connectivity index (χ0v) is 17.7. The Morgan fingerprint density at radius 1 is 1.16 bits per heavy atom. The number of hydrogen-bond donors (Lipinski definition) is 4. The third kappa shape index (κ3) is 6.17. The molecule has 1 heterocycles. The van der Waals surface area contributed by atoms with Crippen molar-refractivity contribution in [3.8, 4) is 17.2 Å². The Bertz CT molecular complexity index is 1010. The summed E-state index contributed by atoms with van der Waals surface area (Å²) in [5, 5.41) is 21.0. The van der Waals surface area contributed by atoms with Crippen molar-refractivity contribution in [3.05, 3.63) is 52.8 Å². The van der Waals surface area contributed by atoms with Gasteiger partial charge < -0.3 is 30.7 Å². The van der Waals surface area contributed by atoms with E-state index in [0.717, 1.165) is 23.3 Å². The lowest BCUT2D eigenvalue weighted by molar-refractivity contribution is -0.139. The zero-order valence-electron chi connectivity index (χ0n) is 17.7. The van der Waals surface area contributed by atoms with E-state index in [1.807, 2.05) is 13.8 Å². The SMILES string of the molecule is CC.NC(=O)CC1NCCc2cc(OCC(=O)O)c(Oc3ccc(C(=O)O)c(F)c3)cc21. The van der Waals surface area contributed by atoms with Gasteiger partial charge in [-0.25, -0.2) is 14.0 Å². The van der Waals surface area contributed by atoms with Crippen LogP contribution in [0.3, 0.4) is 0 Å². The quantitative estimate of drug-likeness (QED) is 0.482. The summed E-state index contributed by atoms with van der Waals surface area (Å²) in [5.74, 6) is -3.89. The molecule has 0 aliphatic carbocycles. The molecule has 0 fully saturated rings. The van der Waals surface area contributed by atoms with Crippen molar-refractivity contribution in [1.82, 2.24) is 5.32 Å². The number of benzene rings is 2. The molecule has 0 aromatic heterocycles. The summed E-state index contributed by atoms with van der Waals surface area (Å²) in [6.07, 6.45) is 0.653. The summed E-state index contributed by atoms with van der Waals surface area (Å²) >= 11 is 0. The van der Waals surface area contributed by atoms with E-state index in [9.17, 15) is 18.8 Å². The number of carboxylic acid groups (broad SMARTS) is 2. The summed E-state index contributed by atoms with van der Waals surface area (Å²) in [6, 6.07) is 6.06. The van der Waals surface area contributed by atoms with Crippen molar-refractivity contribution in [1.29, 1.82) is 0 Å². The van der Waals surface area contributed by atoms with Crippen LogP contribution in [0.1, 0.15) is 47.8 Å². The highest BCUT2D eigenvalue weighted by molar-refractivity contribution is 5.88. The number of hydrogen-bond acceptors (Lipinski definition) is 6. The van der Waals surface area contributed by atoms with E-state index >= 15 is 0 Å². The van der Waals surface area contributed by atoms with Crippen molar-refractivity contribution < 1.29 is 38.5 Å². The fraction of sp³-hybridized carbons (Fsp3) is 0.318. The van der Waals surface area contributed by atoms with E-state index < -0.39 is 35.8 Å². The van der Waals surface area contributed by atoms with Crippen LogP contribution in [0.15, 0.2) is 30.3 Å². The van der Waals surface area contributed by atoms with Gasteiger partial charge in [0.05, 0.1) is 5.56 Å². The Kier molecular flexibility index (Phi) is 8.54. The second-order valence-corrected chi connectivity index (χ2v) is 6.66. The van der Waals surface area contributed by atoms with Gasteiger partial charge >= 0.3 is 11.9 Å². The number of aromatic carboxylic acids is 1. The predicted molar refractivity (Wildman–Crippen MR) is 113 cm³/mol. The highest BCUT2D eigenvalue weighted by Gasteiger charge is 2.25. The Labute approximate surface area is 183 Å². The average Bonchev–Trinajstić information content (AvgIpc) is 2.73. The van der Waals surface area contributed by atoms with Crippen LogP contribution < -0.4 is 20.5 Å². The third-order valence-electron chi connectivity index (χ3n) is 4.52. The van der Waals surface area contributed by atoms with Crippen LogP contribution in [0.4, 0.5) is 4.39 Å². The first kappa shape index (κ1) is 24.6. The first-order chi connectivity index (χ1) is 15.2. The number of primary amides is 1. The minimum Gasteiger partial charge on any atom is -0.479 e. The van der Waals surface area contributed by atoms with Gasteiger partial charge in [0.1, 0.15) is 11.6 Å². The van der Waals surface area contributed by atoms with Crippen molar-refractivity contribution in [3.63, 3.8) is 0 Å². The smallest absolute Gasteiger partial charge is 0.341 e. The number of carbonyl (C=O) groups excluding carboxylic acids is 1. The standard InChI is InChI=1S/C20H19FN2O7.C2H6/c21-14-6-11(1-2-12(14)20(27)28)30-17-7-13-10(5-16(17)29-9-19(25)26)3-4-23-15(13)8-18(22)24;1-2/h1-2,5-7,15,23H,3-4,8-9H2,(H2,22,24)(H,25,26)(H,27,28);1-2H3. The maximum atomic E-state index is 14.0. The van der Waals surface area contributed by atoms with Crippen LogP contribution in [0.5, 0.6) is 17.2 Å². The third-order valence-corrected chi connectivity index (χ3v) is 4.52. The van der Waals surface area contributed by atoms with Crippen LogP contribution in [0.2, 0.25) is 0 Å². The highest BCUT2D eigenvalue weighted by Crippen LogP contribution is 2.39. The molecule has 1 unspecified atom stereocenters. The number of amides is 1. The average molecular weight is 448 g/mol. The first-order valence-electron chi connectivity index (χ1n) is 9.98. The molecule has 0 saturated carbocycles. The van der Waals surface area contributed by atoms with Crippen LogP contribution in [0, 0.1) is 5.82 Å². The Morgan fingerprint density at radius 2 is 1.88 bits per heavy atom. The lowest BCUT2D eigenvalue weighted by Gasteiger charge is -2.27. The normalized spacial score (nSPS) is 14.4. The van der Waals surface area contributed by atoms with Gasteiger partial charge in [0.25, 0.3) is 0 Å². The summed E-state index contributed by atoms with van der Waals surface area (Å²) in [7, 11) is 0. The molecular weight excluding hydrogens is 423 g/mol. The second kappa shape index (κ2) is 11.1. The van der Waals surface area contributed by atoms with Crippen molar-refractivity contribution in [2.24, 2.45) is 5.73 Å². The summed E-state index contributed by atoms with van der Waals surface area (Å²) in [5.41, 5.74) is 6.36. The van der Waals surface area contributed by atoms with E-state index in [0.29, 0.717) is 13.0 Å². The summed E-state index contributed by atoms with van der Waals surface area (Å²) in [6.45, 7) is 3.97. The van der Waals surface area contributed by atoms with Gasteiger partial charge in [0, 0.05) is 18.5 Å². The van der Waals surface area contributed by atoms with Crippen LogP contribution in [-0.2, 0) is 16.0 Å². The predicted octanol–water partition coefficient (Wildman–Crippen LogP) is 2.87.